The van der Waals surface area contributed by atoms with Gasteiger partial charge in [0.25, 0.3) is 0 Å². The number of benzene rings is 1. The van der Waals surface area contributed by atoms with Crippen LogP contribution in [0.1, 0.15) is 12.5 Å². The molecule has 1 saturated heterocycles. The van der Waals surface area contributed by atoms with Crippen molar-refractivity contribution in [1.82, 2.24) is 24.7 Å². The summed E-state index contributed by atoms with van der Waals surface area (Å²) in [5.74, 6) is 1.04. The number of hydrogen-bond donors (Lipinski definition) is 0. The molecule has 1 aliphatic heterocycles. The molecule has 0 spiro atoms. The molecule has 0 bridgehead atoms. The first-order valence-electron chi connectivity index (χ1n) is 11.0. The van der Waals surface area contributed by atoms with E-state index in [1.165, 1.54) is 17.3 Å². The van der Waals surface area contributed by atoms with Crippen LogP contribution in [0.25, 0.3) is 0 Å². The van der Waals surface area contributed by atoms with Crippen molar-refractivity contribution in [2.45, 2.75) is 18.6 Å². The van der Waals surface area contributed by atoms with Crippen LogP contribution in [0.3, 0.4) is 0 Å². The van der Waals surface area contributed by atoms with Gasteiger partial charge in [0.05, 0.1) is 5.75 Å². The molecule has 3 rings (SSSR count). The van der Waals surface area contributed by atoms with Crippen LogP contribution in [0.15, 0.2) is 41.6 Å². The van der Waals surface area contributed by atoms with E-state index in [0.29, 0.717) is 43.0 Å². The molecule has 1 aromatic heterocycles. The Balaban J connectivity index is 1.66. The van der Waals surface area contributed by atoms with Crippen LogP contribution >= 0.6 is 23.4 Å². The molecule has 0 radical (unpaired) electrons. The second kappa shape index (κ2) is 12.2. The molecule has 0 atom stereocenters. The first-order chi connectivity index (χ1) is 15.8. The number of thioether (sulfide) groups is 1. The molecule has 2 amide bonds. The van der Waals surface area contributed by atoms with Crippen molar-refractivity contribution in [3.05, 3.63) is 47.1 Å². The summed E-state index contributed by atoms with van der Waals surface area (Å²) in [6.07, 6.45) is 0. The van der Waals surface area contributed by atoms with Gasteiger partial charge in [0, 0.05) is 58.8 Å². The van der Waals surface area contributed by atoms with E-state index in [1.54, 1.807) is 22.8 Å². The zero-order valence-electron chi connectivity index (χ0n) is 19.4. The molecule has 178 valence electrons. The van der Waals surface area contributed by atoms with Gasteiger partial charge in [-0.25, -0.2) is 9.97 Å². The first-order valence-corrected chi connectivity index (χ1v) is 12.3. The lowest BCUT2D eigenvalue weighted by Crippen LogP contribution is -2.50. The van der Waals surface area contributed by atoms with Gasteiger partial charge in [0.15, 0.2) is 5.16 Å². The molecule has 1 aliphatic rings. The fourth-order valence-electron chi connectivity index (χ4n) is 3.50. The number of hydrogen-bond acceptors (Lipinski definition) is 7. The van der Waals surface area contributed by atoms with Crippen LogP contribution in [0.4, 0.5) is 5.82 Å². The van der Waals surface area contributed by atoms with Gasteiger partial charge in [-0.15, -0.1) is 0 Å². The van der Waals surface area contributed by atoms with Crippen LogP contribution < -0.4 is 4.90 Å². The molecule has 0 saturated carbocycles. The van der Waals surface area contributed by atoms with E-state index in [0.717, 1.165) is 18.9 Å². The largest absolute Gasteiger partial charge is 0.351 e. The van der Waals surface area contributed by atoms with Gasteiger partial charge in [0.1, 0.15) is 11.0 Å². The van der Waals surface area contributed by atoms with Crippen LogP contribution in [0, 0.1) is 0 Å². The molecule has 8 nitrogen and oxygen atoms in total. The number of carbonyl (C=O) groups is 2. The van der Waals surface area contributed by atoms with Gasteiger partial charge in [-0.3, -0.25) is 9.59 Å². The number of rotatable bonds is 9. The van der Waals surface area contributed by atoms with Crippen molar-refractivity contribution < 1.29 is 9.59 Å². The highest BCUT2D eigenvalue weighted by atomic mass is 35.5. The fourth-order valence-corrected chi connectivity index (χ4v) is 4.48. The van der Waals surface area contributed by atoms with Gasteiger partial charge < -0.3 is 19.6 Å². The first kappa shape index (κ1) is 25.3. The van der Waals surface area contributed by atoms with E-state index < -0.39 is 0 Å². The second-order valence-electron chi connectivity index (χ2n) is 8.22. The van der Waals surface area contributed by atoms with Gasteiger partial charge in [-0.2, -0.15) is 0 Å². The predicted octanol–water partition coefficient (Wildman–Crippen LogP) is 2.48. The van der Waals surface area contributed by atoms with E-state index >= 15 is 0 Å². The molecular formula is C23H31ClN6O2S. The number of aromatic nitrogens is 2. The lowest BCUT2D eigenvalue weighted by molar-refractivity contribution is -0.136. The molecule has 0 unspecified atom stereocenters. The highest BCUT2D eigenvalue weighted by Crippen LogP contribution is 2.23. The van der Waals surface area contributed by atoms with Crippen molar-refractivity contribution in [1.29, 1.82) is 0 Å². The topological polar surface area (TPSA) is 72.9 Å². The average molecular weight is 491 g/mol. The third kappa shape index (κ3) is 7.87. The average Bonchev–Trinajstić information content (AvgIpc) is 2.80. The molecular weight excluding hydrogens is 460 g/mol. The minimum atomic E-state index is 0.0158. The Kier molecular flexibility index (Phi) is 9.34. The Hall–Kier alpha value is -2.36. The summed E-state index contributed by atoms with van der Waals surface area (Å²) in [4.78, 5) is 41.0. The van der Waals surface area contributed by atoms with Crippen molar-refractivity contribution in [3.63, 3.8) is 0 Å². The maximum Gasteiger partial charge on any atom is 0.233 e. The molecule has 33 heavy (non-hydrogen) atoms. The third-order valence-electron chi connectivity index (χ3n) is 5.42. The molecule has 2 aromatic rings. The SMILES string of the molecule is CC(=O)N1CCN(C(=O)CSc2nc(Cl)cc(N(CCN(C)C)Cc3ccccc3)n2)CC1. The van der Waals surface area contributed by atoms with E-state index in [2.05, 4.69) is 26.9 Å². The Morgan fingerprint density at radius 1 is 1.03 bits per heavy atom. The van der Waals surface area contributed by atoms with Crippen molar-refractivity contribution in [3.8, 4) is 0 Å². The molecule has 0 N–H and O–H groups in total. The molecule has 10 heteroatoms. The number of halogens is 1. The molecule has 2 heterocycles. The Morgan fingerprint density at radius 3 is 2.33 bits per heavy atom. The lowest BCUT2D eigenvalue weighted by atomic mass is 10.2. The summed E-state index contributed by atoms with van der Waals surface area (Å²) >= 11 is 7.63. The second-order valence-corrected chi connectivity index (χ2v) is 9.55. The number of nitrogens with zero attached hydrogens (tertiary/aromatic N) is 6. The number of carbonyl (C=O) groups excluding carboxylic acids is 2. The third-order valence-corrected chi connectivity index (χ3v) is 6.45. The van der Waals surface area contributed by atoms with Gasteiger partial charge in [-0.05, 0) is 19.7 Å². The van der Waals surface area contributed by atoms with Crippen molar-refractivity contribution in [2.75, 3.05) is 64.0 Å². The summed E-state index contributed by atoms with van der Waals surface area (Å²) in [5, 5.41) is 0.837. The molecule has 1 fully saturated rings. The summed E-state index contributed by atoms with van der Waals surface area (Å²) in [5.41, 5.74) is 1.18. The van der Waals surface area contributed by atoms with E-state index in [9.17, 15) is 9.59 Å². The Labute approximate surface area is 204 Å². The van der Waals surface area contributed by atoms with Gasteiger partial charge in [0.2, 0.25) is 11.8 Å². The summed E-state index contributed by atoms with van der Waals surface area (Å²) in [7, 11) is 4.08. The smallest absolute Gasteiger partial charge is 0.233 e. The van der Waals surface area contributed by atoms with Crippen molar-refractivity contribution in [2.24, 2.45) is 0 Å². The number of likely N-dealkylation sites (N-methyl/N-ethyl adjacent to an activating group) is 1. The Morgan fingerprint density at radius 2 is 1.70 bits per heavy atom. The molecule has 1 aromatic carbocycles. The predicted molar refractivity (Wildman–Crippen MR) is 133 cm³/mol. The fraction of sp³-hybridized carbons (Fsp3) is 0.478. The van der Waals surface area contributed by atoms with Crippen LogP contribution in [-0.2, 0) is 16.1 Å². The zero-order valence-corrected chi connectivity index (χ0v) is 21.0. The zero-order chi connectivity index (χ0) is 23.8. The van der Waals surface area contributed by atoms with Crippen LogP contribution in [0.5, 0.6) is 0 Å². The summed E-state index contributed by atoms with van der Waals surface area (Å²) in [6.45, 7) is 6.15. The minimum Gasteiger partial charge on any atom is -0.351 e. The summed E-state index contributed by atoms with van der Waals surface area (Å²) in [6, 6.07) is 12.0. The normalized spacial score (nSPS) is 14.0. The standard InChI is InChI=1S/C23H31ClN6O2S/c1-18(31)28-11-13-29(14-12-28)22(32)17-33-23-25-20(24)15-21(26-23)30(10-9-27(2)3)16-19-7-5-4-6-8-19/h4-8,15H,9-14,16-17H2,1-3H3. The minimum absolute atomic E-state index is 0.0158. The Bertz CT molecular complexity index is 938. The number of amides is 2. The van der Waals surface area contributed by atoms with Crippen LogP contribution in [-0.4, -0.2) is 95.6 Å². The number of piperazine rings is 1. The van der Waals surface area contributed by atoms with Crippen LogP contribution in [0.2, 0.25) is 5.15 Å². The lowest BCUT2D eigenvalue weighted by Gasteiger charge is -2.34. The summed E-state index contributed by atoms with van der Waals surface area (Å²) < 4.78 is 0. The highest BCUT2D eigenvalue weighted by Gasteiger charge is 2.23. The van der Waals surface area contributed by atoms with E-state index in [-0.39, 0.29) is 17.6 Å². The monoisotopic (exact) mass is 490 g/mol. The van der Waals surface area contributed by atoms with Gasteiger partial charge in [-0.1, -0.05) is 53.7 Å². The highest BCUT2D eigenvalue weighted by molar-refractivity contribution is 7.99. The van der Waals surface area contributed by atoms with Gasteiger partial charge >= 0.3 is 0 Å². The molecule has 0 aliphatic carbocycles. The van der Waals surface area contributed by atoms with Crippen molar-refractivity contribution >= 4 is 41.0 Å². The van der Waals surface area contributed by atoms with E-state index in [4.69, 9.17) is 16.6 Å². The quantitative estimate of drug-likeness (QED) is 0.304. The van der Waals surface area contributed by atoms with E-state index in [1.807, 2.05) is 32.3 Å². The maximum absolute atomic E-state index is 12.7. The maximum atomic E-state index is 12.7. The number of anilines is 1.